The molecular weight excluding hydrogens is 366 g/mol. The van der Waals surface area contributed by atoms with Crippen molar-refractivity contribution in [3.8, 4) is 22.5 Å². The predicted octanol–water partition coefficient (Wildman–Crippen LogP) is 2.78. The van der Waals surface area contributed by atoms with Gasteiger partial charge in [0, 0.05) is 22.1 Å². The van der Waals surface area contributed by atoms with Crippen LogP contribution in [0.15, 0.2) is 53.4 Å². The molecule has 132 valence electrons. The van der Waals surface area contributed by atoms with E-state index in [4.69, 9.17) is 5.73 Å². The molecule has 0 spiro atoms. The number of benzene rings is 3. The van der Waals surface area contributed by atoms with Crippen molar-refractivity contribution in [3.63, 3.8) is 0 Å². The molecule has 0 bridgehead atoms. The van der Waals surface area contributed by atoms with Crippen LogP contribution in [0.25, 0.3) is 44.3 Å². The molecule has 0 atom stereocenters. The minimum atomic E-state index is -4.45. The summed E-state index contributed by atoms with van der Waals surface area (Å²) in [5.74, 6) is -0.644. The summed E-state index contributed by atoms with van der Waals surface area (Å²) in [5, 5.41) is 1.19. The van der Waals surface area contributed by atoms with Gasteiger partial charge in [0.2, 0.25) is 5.91 Å². The van der Waals surface area contributed by atoms with Gasteiger partial charge < -0.3 is 5.73 Å². The molecule has 3 aromatic carbocycles. The van der Waals surface area contributed by atoms with E-state index in [1.54, 1.807) is 6.07 Å². The van der Waals surface area contributed by atoms with Gasteiger partial charge in [-0.05, 0) is 41.8 Å². The maximum absolute atomic E-state index is 11.8. The highest BCUT2D eigenvalue weighted by molar-refractivity contribution is 7.85. The number of nitrogens with two attached hydrogens (primary N) is 1. The molecule has 1 amide bonds. The lowest BCUT2D eigenvalue weighted by Crippen LogP contribution is -2.10. The van der Waals surface area contributed by atoms with Gasteiger partial charge in [-0.15, -0.1) is 0 Å². The van der Waals surface area contributed by atoms with Crippen LogP contribution in [-0.2, 0) is 10.1 Å². The van der Waals surface area contributed by atoms with Crippen LogP contribution in [0.5, 0.6) is 0 Å². The maximum Gasteiger partial charge on any atom is 0.294 e. The van der Waals surface area contributed by atoms with E-state index in [9.17, 15) is 17.8 Å². The Hall–Kier alpha value is -3.36. The van der Waals surface area contributed by atoms with Crippen LogP contribution >= 0.6 is 0 Å². The summed E-state index contributed by atoms with van der Waals surface area (Å²) in [5.41, 5.74) is 9.24. The second kappa shape index (κ2) is 5.09. The number of amides is 1. The average Bonchev–Trinajstić information content (AvgIpc) is 2.93. The van der Waals surface area contributed by atoms with E-state index < -0.39 is 16.0 Å². The van der Waals surface area contributed by atoms with Crippen LogP contribution in [0, 0.1) is 0 Å². The highest BCUT2D eigenvalue weighted by atomic mass is 32.2. The molecule has 1 heterocycles. The molecule has 0 saturated heterocycles. The van der Waals surface area contributed by atoms with Crippen molar-refractivity contribution in [2.45, 2.75) is 4.90 Å². The molecule has 3 N–H and O–H groups in total. The summed E-state index contributed by atoms with van der Waals surface area (Å²) >= 11 is 0. The fourth-order valence-electron chi connectivity index (χ4n) is 3.53. The Bertz CT molecular complexity index is 1430. The Labute approximate surface area is 153 Å². The van der Waals surface area contributed by atoms with E-state index in [1.807, 2.05) is 24.3 Å². The largest absolute Gasteiger partial charge is 0.366 e. The Balaban J connectivity index is 1.99. The first kappa shape index (κ1) is 15.9. The molecule has 1 aliphatic carbocycles. The third-order valence-electron chi connectivity index (χ3n) is 4.69. The van der Waals surface area contributed by atoms with Crippen LogP contribution in [0.4, 0.5) is 0 Å². The number of aromatic nitrogens is 2. The first-order valence-electron chi connectivity index (χ1n) is 7.99. The number of carbonyl (C=O) groups is 1. The second-order valence-corrected chi connectivity index (χ2v) is 7.76. The van der Waals surface area contributed by atoms with Gasteiger partial charge in [0.25, 0.3) is 10.1 Å². The van der Waals surface area contributed by atoms with Crippen LogP contribution in [0.1, 0.15) is 10.4 Å². The van der Waals surface area contributed by atoms with Crippen molar-refractivity contribution in [3.05, 3.63) is 54.1 Å². The van der Waals surface area contributed by atoms with Gasteiger partial charge in [0.15, 0.2) is 0 Å². The standard InChI is InChI=1S/C19H11N3O4S/c20-19(23)10-5-9-6-11(27(24,25)26)8-13-16(9)12(7-10)17-18(13)22-15-4-2-1-3-14(15)21-17/h1-8H,(H2,20,23)(H,24,25,26). The second-order valence-electron chi connectivity index (χ2n) is 6.34. The maximum atomic E-state index is 11.8. The van der Waals surface area contributed by atoms with Gasteiger partial charge >= 0.3 is 0 Å². The molecule has 1 aliphatic rings. The molecule has 4 aromatic rings. The molecular formula is C19H11N3O4S. The first-order valence-corrected chi connectivity index (χ1v) is 9.43. The van der Waals surface area contributed by atoms with Crippen LogP contribution in [0.3, 0.4) is 0 Å². The highest BCUT2D eigenvalue weighted by Gasteiger charge is 2.28. The van der Waals surface area contributed by atoms with Crippen molar-refractivity contribution in [1.29, 1.82) is 0 Å². The molecule has 8 heteroatoms. The Morgan fingerprint density at radius 2 is 1.52 bits per heavy atom. The van der Waals surface area contributed by atoms with Crippen molar-refractivity contribution in [1.82, 2.24) is 9.97 Å². The lowest BCUT2D eigenvalue weighted by atomic mass is 10.0. The number of fused-ring (bicyclic) bond motifs is 4. The van der Waals surface area contributed by atoms with E-state index in [1.165, 1.54) is 18.2 Å². The average molecular weight is 377 g/mol. The lowest BCUT2D eigenvalue weighted by molar-refractivity contribution is 0.100. The number of carbonyl (C=O) groups excluding carboxylic acids is 1. The van der Waals surface area contributed by atoms with Gasteiger partial charge in [-0.25, -0.2) is 9.97 Å². The number of rotatable bonds is 2. The molecule has 7 nitrogen and oxygen atoms in total. The van der Waals surface area contributed by atoms with Gasteiger partial charge in [-0.2, -0.15) is 8.42 Å². The highest BCUT2D eigenvalue weighted by Crippen LogP contribution is 2.47. The van der Waals surface area contributed by atoms with Gasteiger partial charge in [-0.3, -0.25) is 9.35 Å². The molecule has 0 aliphatic heterocycles. The smallest absolute Gasteiger partial charge is 0.294 e. The Kier molecular flexibility index (Phi) is 2.99. The quantitative estimate of drug-likeness (QED) is 0.456. The monoisotopic (exact) mass is 377 g/mol. The summed E-state index contributed by atoms with van der Waals surface area (Å²) in [6.07, 6.45) is 0. The normalized spacial score (nSPS) is 12.5. The SMILES string of the molecule is NC(=O)c1cc2c3c(cc(S(=O)(=O)O)cc3c1)-c1nc3ccccc3nc1-2. The molecule has 0 unspecified atom stereocenters. The van der Waals surface area contributed by atoms with Crippen molar-refractivity contribution in [2.24, 2.45) is 5.73 Å². The Morgan fingerprint density at radius 3 is 2.07 bits per heavy atom. The number of nitrogens with zero attached hydrogens (tertiary/aromatic N) is 2. The Morgan fingerprint density at radius 1 is 0.926 bits per heavy atom. The predicted molar refractivity (Wildman–Crippen MR) is 99.8 cm³/mol. The van der Waals surface area contributed by atoms with Crippen molar-refractivity contribution < 1.29 is 17.8 Å². The number of hydrogen-bond acceptors (Lipinski definition) is 5. The lowest BCUT2D eigenvalue weighted by Gasteiger charge is -2.06. The molecule has 0 saturated carbocycles. The topological polar surface area (TPSA) is 123 Å². The summed E-state index contributed by atoms with van der Waals surface area (Å²) in [7, 11) is -4.45. The van der Waals surface area contributed by atoms with E-state index in [2.05, 4.69) is 9.97 Å². The molecule has 1 aromatic heterocycles. The number of hydrogen-bond donors (Lipinski definition) is 2. The van der Waals surface area contributed by atoms with Crippen molar-refractivity contribution >= 4 is 37.8 Å². The molecule has 0 fully saturated rings. The summed E-state index contributed by atoms with van der Waals surface area (Å²) < 4.78 is 33.0. The first-order chi connectivity index (χ1) is 12.8. The summed E-state index contributed by atoms with van der Waals surface area (Å²) in [4.78, 5) is 20.8. The van der Waals surface area contributed by atoms with Crippen LogP contribution in [0.2, 0.25) is 0 Å². The third kappa shape index (κ3) is 2.24. The molecule has 5 rings (SSSR count). The van der Waals surface area contributed by atoms with Gasteiger partial charge in [-0.1, -0.05) is 12.1 Å². The number of para-hydroxylation sites is 2. The fourth-order valence-corrected chi connectivity index (χ4v) is 4.07. The minimum absolute atomic E-state index is 0.221. The van der Waals surface area contributed by atoms with E-state index in [0.717, 1.165) is 5.39 Å². The van der Waals surface area contributed by atoms with Gasteiger partial charge in [0.05, 0.1) is 27.3 Å². The van der Waals surface area contributed by atoms with Crippen LogP contribution in [-0.4, -0.2) is 28.8 Å². The molecule has 0 radical (unpaired) electrons. The van der Waals surface area contributed by atoms with Crippen LogP contribution < -0.4 is 5.73 Å². The van der Waals surface area contributed by atoms with Crippen molar-refractivity contribution in [2.75, 3.05) is 0 Å². The third-order valence-corrected chi connectivity index (χ3v) is 5.52. The van der Waals surface area contributed by atoms with E-state index in [-0.39, 0.29) is 10.5 Å². The molecule has 27 heavy (non-hydrogen) atoms. The summed E-state index contributed by atoms with van der Waals surface area (Å²) in [6, 6.07) is 13.1. The van der Waals surface area contributed by atoms with E-state index >= 15 is 0 Å². The fraction of sp³-hybridized carbons (Fsp3) is 0. The van der Waals surface area contributed by atoms with Gasteiger partial charge in [0.1, 0.15) is 0 Å². The zero-order valence-electron chi connectivity index (χ0n) is 13.7. The summed E-state index contributed by atoms with van der Waals surface area (Å²) in [6.45, 7) is 0. The van der Waals surface area contributed by atoms with E-state index in [0.29, 0.717) is 38.9 Å². The minimum Gasteiger partial charge on any atom is -0.366 e. The zero-order chi connectivity index (χ0) is 18.9. The number of primary amides is 1. The zero-order valence-corrected chi connectivity index (χ0v) is 14.5.